The van der Waals surface area contributed by atoms with E-state index in [4.69, 9.17) is 14.2 Å². The molecule has 1 aliphatic heterocycles. The Morgan fingerprint density at radius 1 is 1.10 bits per heavy atom. The van der Waals surface area contributed by atoms with Gasteiger partial charge in [-0.25, -0.2) is 14.4 Å². The fourth-order valence-electron chi connectivity index (χ4n) is 4.48. The van der Waals surface area contributed by atoms with Crippen LogP contribution in [0.1, 0.15) is 12.8 Å². The molecule has 41 heavy (non-hydrogen) atoms. The highest BCUT2D eigenvalue weighted by atomic mass is 19.1. The Hall–Kier alpha value is -4.54. The van der Waals surface area contributed by atoms with Gasteiger partial charge in [0.25, 0.3) is 5.91 Å². The predicted octanol–water partition coefficient (Wildman–Crippen LogP) is 5.60. The van der Waals surface area contributed by atoms with E-state index < -0.39 is 5.82 Å². The standard InChI is InChI=1S/C31H32FN5O4/c1-39-19-5-4-16-33-17-6-9-28(38)37-18-20-40-30-26(37)15-14-25-29(30)31(35-21-34-25)36-22-10-12-23(13-11-22)41-27-8-3-2-7-24(27)32/h2-3,6-15,21,33H,4-5,16-20H2,1H3,(H,34,35,36)/b9-6+. The highest BCUT2D eigenvalue weighted by Gasteiger charge is 2.26. The number of aromatic nitrogens is 2. The molecule has 0 aliphatic carbocycles. The molecule has 4 aromatic rings. The molecule has 0 spiro atoms. The Morgan fingerprint density at radius 3 is 2.78 bits per heavy atom. The maximum absolute atomic E-state index is 13.9. The molecular formula is C31H32FN5O4. The van der Waals surface area contributed by atoms with Crippen molar-refractivity contribution in [2.75, 3.05) is 50.2 Å². The van der Waals surface area contributed by atoms with Crippen LogP contribution in [0.4, 0.5) is 21.6 Å². The van der Waals surface area contributed by atoms with Crippen molar-refractivity contribution in [3.05, 3.63) is 85.0 Å². The van der Waals surface area contributed by atoms with Crippen molar-refractivity contribution in [1.29, 1.82) is 0 Å². The number of unbranched alkanes of at least 4 members (excludes halogenated alkanes) is 1. The molecule has 0 atom stereocenters. The summed E-state index contributed by atoms with van der Waals surface area (Å²) in [6, 6.07) is 17.1. The summed E-state index contributed by atoms with van der Waals surface area (Å²) < 4.78 is 30.7. The van der Waals surface area contributed by atoms with Crippen LogP contribution < -0.4 is 25.0 Å². The molecule has 2 heterocycles. The van der Waals surface area contributed by atoms with Gasteiger partial charge in [0.1, 0.15) is 24.5 Å². The van der Waals surface area contributed by atoms with Gasteiger partial charge in [-0.3, -0.25) is 4.79 Å². The number of carbonyl (C=O) groups is 1. The molecule has 2 N–H and O–H groups in total. The van der Waals surface area contributed by atoms with E-state index in [0.717, 1.165) is 31.7 Å². The van der Waals surface area contributed by atoms with E-state index >= 15 is 0 Å². The number of benzene rings is 3. The largest absolute Gasteiger partial charge is 0.489 e. The topological polar surface area (TPSA) is 97.8 Å². The summed E-state index contributed by atoms with van der Waals surface area (Å²) >= 11 is 0. The molecule has 212 valence electrons. The first-order chi connectivity index (χ1) is 20.1. The van der Waals surface area contributed by atoms with E-state index in [1.807, 2.05) is 30.3 Å². The Kier molecular flexibility index (Phi) is 9.35. The van der Waals surface area contributed by atoms with Gasteiger partial charge in [0.2, 0.25) is 0 Å². The summed E-state index contributed by atoms with van der Waals surface area (Å²) in [7, 11) is 1.70. The van der Waals surface area contributed by atoms with E-state index in [1.165, 1.54) is 12.4 Å². The molecule has 0 saturated heterocycles. The number of anilines is 3. The van der Waals surface area contributed by atoms with Gasteiger partial charge >= 0.3 is 0 Å². The first-order valence-electron chi connectivity index (χ1n) is 13.5. The number of methoxy groups -OCH3 is 1. The number of hydrogen-bond acceptors (Lipinski definition) is 8. The molecule has 1 aliphatic rings. The maximum atomic E-state index is 13.9. The lowest BCUT2D eigenvalue weighted by Gasteiger charge is -2.29. The third kappa shape index (κ3) is 6.97. The molecule has 3 aromatic carbocycles. The van der Waals surface area contributed by atoms with Crippen molar-refractivity contribution in [2.24, 2.45) is 0 Å². The molecule has 1 amide bonds. The van der Waals surface area contributed by atoms with E-state index in [0.29, 0.717) is 53.6 Å². The zero-order chi connectivity index (χ0) is 28.4. The van der Waals surface area contributed by atoms with Gasteiger partial charge < -0.3 is 29.7 Å². The summed E-state index contributed by atoms with van der Waals surface area (Å²) in [5.41, 5.74) is 2.09. The molecule has 1 aromatic heterocycles. The Labute approximate surface area is 238 Å². The van der Waals surface area contributed by atoms with Gasteiger partial charge in [-0.15, -0.1) is 0 Å². The van der Waals surface area contributed by atoms with E-state index in [2.05, 4.69) is 20.6 Å². The van der Waals surface area contributed by atoms with Crippen molar-refractivity contribution in [1.82, 2.24) is 15.3 Å². The second-order valence-electron chi connectivity index (χ2n) is 9.36. The van der Waals surface area contributed by atoms with Crippen molar-refractivity contribution in [3.63, 3.8) is 0 Å². The van der Waals surface area contributed by atoms with Crippen molar-refractivity contribution >= 4 is 34.0 Å². The number of amides is 1. The van der Waals surface area contributed by atoms with E-state index in [-0.39, 0.29) is 11.7 Å². The van der Waals surface area contributed by atoms with Crippen molar-refractivity contribution < 1.29 is 23.4 Å². The minimum Gasteiger partial charge on any atom is -0.489 e. The molecule has 10 heteroatoms. The van der Waals surface area contributed by atoms with Crippen molar-refractivity contribution in [3.8, 4) is 17.2 Å². The average Bonchev–Trinajstić information content (AvgIpc) is 3.00. The van der Waals surface area contributed by atoms with Gasteiger partial charge in [-0.2, -0.15) is 0 Å². The number of hydrogen-bond donors (Lipinski definition) is 2. The normalized spacial score (nSPS) is 12.8. The molecule has 0 saturated carbocycles. The van der Waals surface area contributed by atoms with Crippen molar-refractivity contribution in [2.45, 2.75) is 12.8 Å². The lowest BCUT2D eigenvalue weighted by molar-refractivity contribution is -0.114. The van der Waals surface area contributed by atoms with Gasteiger partial charge in [0, 0.05) is 32.0 Å². The smallest absolute Gasteiger partial charge is 0.250 e. The van der Waals surface area contributed by atoms with Gasteiger partial charge in [0.05, 0.1) is 23.1 Å². The zero-order valence-corrected chi connectivity index (χ0v) is 22.8. The molecular weight excluding hydrogens is 525 g/mol. The number of para-hydroxylation sites is 1. The number of halogens is 1. The van der Waals surface area contributed by atoms with E-state index in [1.54, 1.807) is 48.4 Å². The fraction of sp³-hybridized carbons (Fsp3) is 0.258. The molecule has 0 fully saturated rings. The summed E-state index contributed by atoms with van der Waals surface area (Å²) in [6.07, 6.45) is 6.92. The molecule has 5 rings (SSSR count). The lowest BCUT2D eigenvalue weighted by atomic mass is 10.1. The third-order valence-corrected chi connectivity index (χ3v) is 6.51. The highest BCUT2D eigenvalue weighted by molar-refractivity contribution is 6.07. The number of fused-ring (bicyclic) bond motifs is 3. The van der Waals surface area contributed by atoms with Crippen LogP contribution in [0.2, 0.25) is 0 Å². The summed E-state index contributed by atoms with van der Waals surface area (Å²) in [5.74, 6) is 1.19. The van der Waals surface area contributed by atoms with Crippen LogP contribution >= 0.6 is 0 Å². The Bertz CT molecular complexity index is 1510. The summed E-state index contributed by atoms with van der Waals surface area (Å²) in [6.45, 7) is 3.01. The lowest BCUT2D eigenvalue weighted by Crippen LogP contribution is -2.37. The Morgan fingerprint density at radius 2 is 1.95 bits per heavy atom. The maximum Gasteiger partial charge on any atom is 0.250 e. The third-order valence-electron chi connectivity index (χ3n) is 6.51. The number of carbonyl (C=O) groups excluding carboxylic acids is 1. The van der Waals surface area contributed by atoms with Crippen LogP contribution in [0.3, 0.4) is 0 Å². The zero-order valence-electron chi connectivity index (χ0n) is 22.8. The molecule has 0 radical (unpaired) electrons. The number of nitrogens with one attached hydrogen (secondary N) is 2. The Balaban J connectivity index is 1.30. The molecule has 9 nitrogen and oxygen atoms in total. The minimum atomic E-state index is -0.430. The number of nitrogens with zero attached hydrogens (tertiary/aromatic N) is 3. The predicted molar refractivity (Wildman–Crippen MR) is 157 cm³/mol. The van der Waals surface area contributed by atoms with Crippen LogP contribution in [0.15, 0.2) is 79.1 Å². The van der Waals surface area contributed by atoms with Gasteiger partial charge in [-0.05, 0) is 67.9 Å². The van der Waals surface area contributed by atoms with Gasteiger partial charge in [0.15, 0.2) is 17.3 Å². The van der Waals surface area contributed by atoms with Crippen LogP contribution in [-0.2, 0) is 9.53 Å². The summed E-state index contributed by atoms with van der Waals surface area (Å²) in [5, 5.41) is 7.30. The van der Waals surface area contributed by atoms with Gasteiger partial charge in [-0.1, -0.05) is 18.2 Å². The van der Waals surface area contributed by atoms with Crippen LogP contribution in [0, 0.1) is 5.82 Å². The fourth-order valence-corrected chi connectivity index (χ4v) is 4.48. The van der Waals surface area contributed by atoms with E-state index in [9.17, 15) is 9.18 Å². The second kappa shape index (κ2) is 13.7. The molecule has 0 bridgehead atoms. The number of rotatable bonds is 12. The number of ether oxygens (including phenoxy) is 3. The van der Waals surface area contributed by atoms with Crippen LogP contribution in [-0.4, -0.2) is 55.8 Å². The first-order valence-corrected chi connectivity index (χ1v) is 13.5. The SMILES string of the molecule is COCCCCNC/C=C/C(=O)N1CCOc2c1ccc1ncnc(Nc3ccc(Oc4ccccc4F)cc3)c21. The van der Waals surface area contributed by atoms with Crippen LogP contribution in [0.5, 0.6) is 17.2 Å². The average molecular weight is 558 g/mol. The quantitative estimate of drug-likeness (QED) is 0.172. The minimum absolute atomic E-state index is 0.119. The summed E-state index contributed by atoms with van der Waals surface area (Å²) in [4.78, 5) is 23.7. The van der Waals surface area contributed by atoms with Crippen LogP contribution in [0.25, 0.3) is 10.9 Å². The second-order valence-corrected chi connectivity index (χ2v) is 9.36. The molecule has 0 unspecified atom stereocenters. The monoisotopic (exact) mass is 557 g/mol. The first kappa shape index (κ1) is 28.0. The highest BCUT2D eigenvalue weighted by Crippen LogP contribution is 2.41.